The van der Waals surface area contributed by atoms with E-state index >= 15 is 0 Å². The van der Waals surface area contributed by atoms with Crippen molar-refractivity contribution in [3.8, 4) is 11.5 Å². The lowest BCUT2D eigenvalue weighted by Gasteiger charge is -2.18. The summed E-state index contributed by atoms with van der Waals surface area (Å²) in [5.41, 5.74) is 0.757. The molecule has 0 bridgehead atoms. The Bertz CT molecular complexity index is 715. The maximum atomic E-state index is 13.7. The van der Waals surface area contributed by atoms with E-state index < -0.39 is 11.9 Å². The van der Waals surface area contributed by atoms with Gasteiger partial charge in [-0.3, -0.25) is 0 Å². The highest BCUT2D eigenvalue weighted by atomic mass is 35.5. The molecule has 0 saturated heterocycles. The molecule has 0 heterocycles. The van der Waals surface area contributed by atoms with Crippen LogP contribution in [-0.4, -0.2) is 31.5 Å². The first-order valence-corrected chi connectivity index (χ1v) is 8.49. The van der Waals surface area contributed by atoms with Crippen LogP contribution in [0.1, 0.15) is 18.5 Å². The van der Waals surface area contributed by atoms with E-state index in [4.69, 9.17) is 32.7 Å². The molecule has 0 amide bonds. The third-order valence-corrected chi connectivity index (χ3v) is 4.19. The fourth-order valence-electron chi connectivity index (χ4n) is 2.22. The highest BCUT2D eigenvalue weighted by Gasteiger charge is 2.12. The molecule has 7 heteroatoms. The molecule has 0 aliphatic carbocycles. The number of methoxy groups -OCH3 is 1. The van der Waals surface area contributed by atoms with E-state index in [1.165, 1.54) is 13.2 Å². The van der Waals surface area contributed by atoms with Crippen molar-refractivity contribution >= 4 is 23.2 Å². The van der Waals surface area contributed by atoms with Gasteiger partial charge in [0.15, 0.2) is 11.6 Å². The molecule has 25 heavy (non-hydrogen) atoms. The molecule has 2 aromatic carbocycles. The molecule has 0 unspecified atom stereocenters. The van der Waals surface area contributed by atoms with Crippen LogP contribution in [0.2, 0.25) is 10.0 Å². The van der Waals surface area contributed by atoms with Crippen LogP contribution < -0.4 is 14.8 Å². The van der Waals surface area contributed by atoms with Crippen LogP contribution in [0.15, 0.2) is 36.4 Å². The summed E-state index contributed by atoms with van der Waals surface area (Å²) in [5.74, 6) is 0.231. The molecule has 0 fully saturated rings. The Morgan fingerprint density at radius 1 is 1.16 bits per heavy atom. The van der Waals surface area contributed by atoms with Gasteiger partial charge in [0.1, 0.15) is 18.5 Å². The van der Waals surface area contributed by atoms with Crippen LogP contribution in [0, 0.1) is 5.82 Å². The van der Waals surface area contributed by atoms with Crippen molar-refractivity contribution in [2.24, 2.45) is 0 Å². The maximum absolute atomic E-state index is 13.7. The number of hydrogen-bond donors (Lipinski definition) is 2. The number of aliphatic hydroxyl groups is 1. The summed E-state index contributed by atoms with van der Waals surface area (Å²) in [4.78, 5) is 0. The second-order valence-electron chi connectivity index (χ2n) is 5.56. The van der Waals surface area contributed by atoms with E-state index in [1.807, 2.05) is 6.92 Å². The van der Waals surface area contributed by atoms with Crippen LogP contribution in [0.25, 0.3) is 0 Å². The summed E-state index contributed by atoms with van der Waals surface area (Å²) in [5, 5.41) is 14.1. The Kier molecular flexibility index (Phi) is 7.32. The third-order valence-electron chi connectivity index (χ3n) is 3.66. The number of halogens is 3. The van der Waals surface area contributed by atoms with Gasteiger partial charge >= 0.3 is 0 Å². The smallest absolute Gasteiger partial charge is 0.165 e. The topological polar surface area (TPSA) is 50.7 Å². The number of aliphatic hydroxyl groups excluding tert-OH is 1. The molecule has 2 rings (SSSR count). The van der Waals surface area contributed by atoms with Crippen LogP contribution in [-0.2, 0) is 0 Å². The van der Waals surface area contributed by atoms with Crippen molar-refractivity contribution in [3.05, 3.63) is 57.8 Å². The van der Waals surface area contributed by atoms with E-state index in [0.29, 0.717) is 15.8 Å². The van der Waals surface area contributed by atoms with Crippen molar-refractivity contribution in [2.45, 2.75) is 19.1 Å². The van der Waals surface area contributed by atoms with Crippen molar-refractivity contribution in [2.75, 3.05) is 20.3 Å². The average Bonchev–Trinajstić information content (AvgIpc) is 2.58. The van der Waals surface area contributed by atoms with Crippen LogP contribution in [0.5, 0.6) is 11.5 Å². The zero-order valence-corrected chi connectivity index (χ0v) is 15.4. The minimum absolute atomic E-state index is 0.0675. The Morgan fingerprint density at radius 2 is 1.88 bits per heavy atom. The molecule has 0 aromatic heterocycles. The van der Waals surface area contributed by atoms with E-state index in [2.05, 4.69) is 5.32 Å². The first-order chi connectivity index (χ1) is 11.9. The second kappa shape index (κ2) is 9.25. The number of nitrogens with one attached hydrogen (secondary N) is 1. The van der Waals surface area contributed by atoms with Gasteiger partial charge in [0, 0.05) is 17.6 Å². The molecule has 2 N–H and O–H groups in total. The predicted octanol–water partition coefficient (Wildman–Crippen LogP) is 4.23. The van der Waals surface area contributed by atoms with Crippen molar-refractivity contribution < 1.29 is 19.0 Å². The van der Waals surface area contributed by atoms with E-state index in [1.54, 1.807) is 30.3 Å². The van der Waals surface area contributed by atoms with Crippen molar-refractivity contribution in [3.63, 3.8) is 0 Å². The minimum atomic E-state index is -0.753. The van der Waals surface area contributed by atoms with Gasteiger partial charge in [-0.05, 0) is 42.8 Å². The Hall–Kier alpha value is -1.53. The van der Waals surface area contributed by atoms with E-state index in [-0.39, 0.29) is 24.9 Å². The first-order valence-electron chi connectivity index (χ1n) is 7.73. The molecule has 0 spiro atoms. The molecule has 0 saturated carbocycles. The van der Waals surface area contributed by atoms with Gasteiger partial charge in [-0.2, -0.15) is 0 Å². The quantitative estimate of drug-likeness (QED) is 0.711. The lowest BCUT2D eigenvalue weighted by molar-refractivity contribution is 0.104. The van der Waals surface area contributed by atoms with Gasteiger partial charge < -0.3 is 19.9 Å². The number of benzene rings is 2. The Morgan fingerprint density at radius 3 is 2.52 bits per heavy atom. The van der Waals surface area contributed by atoms with Crippen LogP contribution in [0.4, 0.5) is 4.39 Å². The normalized spacial score (nSPS) is 13.4. The number of ether oxygens (including phenoxy) is 2. The number of rotatable bonds is 8. The number of hydrogen-bond acceptors (Lipinski definition) is 4. The summed E-state index contributed by atoms with van der Waals surface area (Å²) in [6.07, 6.45) is -0.753. The highest BCUT2D eigenvalue weighted by molar-refractivity contribution is 6.35. The summed E-state index contributed by atoms with van der Waals surface area (Å²) in [6, 6.07) is 9.49. The fraction of sp³-hybridized carbons (Fsp3) is 0.333. The predicted molar refractivity (Wildman–Crippen MR) is 97.3 cm³/mol. The zero-order chi connectivity index (χ0) is 18.4. The molecule has 0 radical (unpaired) electrons. The summed E-state index contributed by atoms with van der Waals surface area (Å²) < 4.78 is 24.1. The fourth-order valence-corrected chi connectivity index (χ4v) is 2.68. The standard InChI is InChI=1S/C18H20Cl2FNO3/c1-11(12-3-5-18(24-2)16(21)7-12)22-9-14(23)10-25-17-6-4-13(19)8-15(17)20/h3-8,11,14,22-23H,9-10H2,1-2H3/t11-,14+/m1/s1. The van der Waals surface area contributed by atoms with Crippen molar-refractivity contribution in [1.29, 1.82) is 0 Å². The molecule has 0 aliphatic heterocycles. The summed E-state index contributed by atoms with van der Waals surface area (Å²) in [6.45, 7) is 2.23. The monoisotopic (exact) mass is 387 g/mol. The lowest BCUT2D eigenvalue weighted by Crippen LogP contribution is -2.33. The SMILES string of the molecule is COc1ccc([C@@H](C)NC[C@H](O)COc2ccc(Cl)cc2Cl)cc1F. The van der Waals surface area contributed by atoms with Gasteiger partial charge in [0.05, 0.1) is 12.1 Å². The van der Waals surface area contributed by atoms with E-state index in [0.717, 1.165) is 5.56 Å². The van der Waals surface area contributed by atoms with Crippen LogP contribution >= 0.6 is 23.2 Å². The molecule has 2 atom stereocenters. The summed E-state index contributed by atoms with van der Waals surface area (Å²) in [7, 11) is 1.42. The average molecular weight is 388 g/mol. The van der Waals surface area contributed by atoms with Gasteiger partial charge in [-0.1, -0.05) is 29.3 Å². The largest absolute Gasteiger partial charge is 0.494 e. The minimum Gasteiger partial charge on any atom is -0.494 e. The van der Waals surface area contributed by atoms with Gasteiger partial charge in [0.2, 0.25) is 0 Å². The van der Waals surface area contributed by atoms with Gasteiger partial charge in [0.25, 0.3) is 0 Å². The molecule has 0 aliphatic rings. The van der Waals surface area contributed by atoms with E-state index in [9.17, 15) is 9.50 Å². The van der Waals surface area contributed by atoms with Crippen LogP contribution in [0.3, 0.4) is 0 Å². The lowest BCUT2D eigenvalue weighted by atomic mass is 10.1. The highest BCUT2D eigenvalue weighted by Crippen LogP contribution is 2.27. The molecule has 2 aromatic rings. The summed E-state index contributed by atoms with van der Waals surface area (Å²) >= 11 is 11.8. The van der Waals surface area contributed by atoms with Gasteiger partial charge in [-0.15, -0.1) is 0 Å². The second-order valence-corrected chi connectivity index (χ2v) is 6.41. The molecule has 136 valence electrons. The third kappa shape index (κ3) is 5.75. The molecular weight excluding hydrogens is 368 g/mol. The van der Waals surface area contributed by atoms with Crippen molar-refractivity contribution in [1.82, 2.24) is 5.32 Å². The Balaban J connectivity index is 1.82. The first kappa shape index (κ1) is 19.8. The Labute approximate surface area is 156 Å². The zero-order valence-electron chi connectivity index (χ0n) is 13.9. The van der Waals surface area contributed by atoms with Gasteiger partial charge in [-0.25, -0.2) is 4.39 Å². The molecule has 4 nitrogen and oxygen atoms in total. The molecular formula is C18H20Cl2FNO3. The maximum Gasteiger partial charge on any atom is 0.165 e.